The first kappa shape index (κ1) is 12.4. The van der Waals surface area contributed by atoms with E-state index >= 15 is 0 Å². The zero-order chi connectivity index (χ0) is 12.1. The van der Waals surface area contributed by atoms with Crippen molar-refractivity contribution in [2.75, 3.05) is 19.0 Å². The van der Waals surface area contributed by atoms with Gasteiger partial charge in [-0.15, -0.1) is 0 Å². The van der Waals surface area contributed by atoms with Gasteiger partial charge in [-0.2, -0.15) is 0 Å². The summed E-state index contributed by atoms with van der Waals surface area (Å²) in [6.45, 7) is 2.25. The number of rotatable bonds is 5. The Balaban J connectivity index is 2.79. The molecule has 0 radical (unpaired) electrons. The van der Waals surface area contributed by atoms with Gasteiger partial charge in [-0.25, -0.2) is 4.39 Å². The summed E-state index contributed by atoms with van der Waals surface area (Å²) in [5, 5.41) is 13.2. The van der Waals surface area contributed by atoms with Crippen LogP contribution in [0, 0.1) is 15.9 Å². The molecule has 0 fully saturated rings. The van der Waals surface area contributed by atoms with Crippen LogP contribution in [0.1, 0.15) is 6.92 Å². The lowest BCUT2D eigenvalue weighted by molar-refractivity contribution is -0.385. The molecule has 0 amide bonds. The summed E-state index contributed by atoms with van der Waals surface area (Å²) in [6, 6.07) is 3.42. The zero-order valence-electron chi connectivity index (χ0n) is 9.07. The molecule has 0 spiro atoms. The molecule has 88 valence electrons. The molecule has 0 aliphatic rings. The number of hydrogen-bond acceptors (Lipinski definition) is 4. The second-order valence-corrected chi connectivity index (χ2v) is 3.42. The van der Waals surface area contributed by atoms with Gasteiger partial charge < -0.3 is 10.1 Å². The number of nitrogens with zero attached hydrogens (tertiary/aromatic N) is 1. The molecule has 1 aromatic rings. The van der Waals surface area contributed by atoms with Crippen LogP contribution in [0.25, 0.3) is 0 Å². The Hall–Kier alpha value is -1.69. The van der Waals surface area contributed by atoms with Crippen LogP contribution in [0.2, 0.25) is 0 Å². The molecule has 0 saturated heterocycles. The van der Waals surface area contributed by atoms with Crippen molar-refractivity contribution in [3.63, 3.8) is 0 Å². The third-order valence-electron chi connectivity index (χ3n) is 1.98. The van der Waals surface area contributed by atoms with Crippen molar-refractivity contribution in [3.8, 4) is 0 Å². The van der Waals surface area contributed by atoms with Gasteiger partial charge in [0.15, 0.2) is 5.82 Å². The van der Waals surface area contributed by atoms with E-state index in [1.807, 2.05) is 6.92 Å². The van der Waals surface area contributed by atoms with E-state index in [0.717, 1.165) is 6.07 Å². The van der Waals surface area contributed by atoms with E-state index in [0.29, 0.717) is 6.61 Å². The van der Waals surface area contributed by atoms with Crippen LogP contribution in [0.5, 0.6) is 0 Å². The van der Waals surface area contributed by atoms with Gasteiger partial charge in [0.05, 0.1) is 23.3 Å². The van der Waals surface area contributed by atoms with E-state index in [9.17, 15) is 14.5 Å². The van der Waals surface area contributed by atoms with Crippen LogP contribution < -0.4 is 5.32 Å². The van der Waals surface area contributed by atoms with E-state index in [1.54, 1.807) is 7.11 Å². The van der Waals surface area contributed by atoms with Crippen LogP contribution >= 0.6 is 0 Å². The highest BCUT2D eigenvalue weighted by Crippen LogP contribution is 2.20. The molecule has 1 unspecified atom stereocenters. The lowest BCUT2D eigenvalue weighted by atomic mass is 10.2. The summed E-state index contributed by atoms with van der Waals surface area (Å²) < 4.78 is 18.3. The lowest BCUT2D eigenvalue weighted by Crippen LogP contribution is -2.21. The molecular weight excluding hydrogens is 215 g/mol. The quantitative estimate of drug-likeness (QED) is 0.619. The number of nitro benzene ring substituents is 1. The maximum absolute atomic E-state index is 13.4. The summed E-state index contributed by atoms with van der Waals surface area (Å²) in [5.41, 5.74) is -0.0300. The van der Waals surface area contributed by atoms with Gasteiger partial charge in [0, 0.05) is 19.2 Å². The number of methoxy groups -OCH3 is 1. The lowest BCUT2D eigenvalue weighted by Gasteiger charge is -2.14. The molecule has 1 N–H and O–H groups in total. The molecule has 0 bridgehead atoms. The van der Waals surface area contributed by atoms with E-state index in [4.69, 9.17) is 4.74 Å². The minimum atomic E-state index is -0.642. The third kappa shape index (κ3) is 3.16. The van der Waals surface area contributed by atoms with Crippen LogP contribution in [-0.4, -0.2) is 24.7 Å². The fraction of sp³-hybridized carbons (Fsp3) is 0.400. The van der Waals surface area contributed by atoms with E-state index in [2.05, 4.69) is 5.32 Å². The maximum Gasteiger partial charge on any atom is 0.272 e. The molecule has 1 aromatic carbocycles. The molecule has 16 heavy (non-hydrogen) atoms. The molecule has 0 saturated carbocycles. The number of hydrogen-bond donors (Lipinski definition) is 1. The average molecular weight is 228 g/mol. The highest BCUT2D eigenvalue weighted by atomic mass is 19.1. The van der Waals surface area contributed by atoms with Gasteiger partial charge in [0.25, 0.3) is 5.69 Å². The van der Waals surface area contributed by atoms with Crippen molar-refractivity contribution in [2.24, 2.45) is 0 Å². The number of non-ortho nitro benzene ring substituents is 1. The van der Waals surface area contributed by atoms with Gasteiger partial charge >= 0.3 is 0 Å². The molecule has 0 aliphatic carbocycles. The van der Waals surface area contributed by atoms with Crippen molar-refractivity contribution >= 4 is 11.4 Å². The molecule has 6 heteroatoms. The molecular formula is C10H13FN2O3. The number of ether oxygens (including phenoxy) is 1. The van der Waals surface area contributed by atoms with Crippen molar-refractivity contribution in [2.45, 2.75) is 13.0 Å². The van der Waals surface area contributed by atoms with E-state index in [-0.39, 0.29) is 17.4 Å². The SMILES string of the molecule is COCC(C)Nc1ccc([N+](=O)[O-])cc1F. The van der Waals surface area contributed by atoms with Gasteiger partial charge in [-0.3, -0.25) is 10.1 Å². The summed E-state index contributed by atoms with van der Waals surface area (Å²) in [6.07, 6.45) is 0. The van der Waals surface area contributed by atoms with E-state index in [1.165, 1.54) is 12.1 Å². The number of nitrogens with one attached hydrogen (secondary N) is 1. The molecule has 0 aromatic heterocycles. The van der Waals surface area contributed by atoms with Crippen LogP contribution in [0.15, 0.2) is 18.2 Å². The monoisotopic (exact) mass is 228 g/mol. The normalized spacial score (nSPS) is 12.2. The average Bonchev–Trinajstić information content (AvgIpc) is 2.21. The summed E-state index contributed by atoms with van der Waals surface area (Å²) in [5.74, 6) is -0.642. The van der Waals surface area contributed by atoms with Gasteiger partial charge in [0.2, 0.25) is 0 Å². The molecule has 1 atom stereocenters. The largest absolute Gasteiger partial charge is 0.383 e. The third-order valence-corrected chi connectivity index (χ3v) is 1.98. The highest BCUT2D eigenvalue weighted by molar-refractivity contribution is 5.50. The van der Waals surface area contributed by atoms with Crippen LogP contribution in [0.4, 0.5) is 15.8 Å². The highest BCUT2D eigenvalue weighted by Gasteiger charge is 2.11. The minimum Gasteiger partial charge on any atom is -0.383 e. The Morgan fingerprint density at radius 3 is 2.81 bits per heavy atom. The molecule has 1 rings (SSSR count). The summed E-state index contributed by atoms with van der Waals surface area (Å²) in [7, 11) is 1.55. The van der Waals surface area contributed by atoms with Gasteiger partial charge in [-0.1, -0.05) is 0 Å². The number of halogens is 1. The molecule has 0 heterocycles. The van der Waals surface area contributed by atoms with Crippen LogP contribution in [-0.2, 0) is 4.74 Å². The Bertz CT molecular complexity index is 384. The first-order valence-corrected chi connectivity index (χ1v) is 4.74. The Morgan fingerprint density at radius 1 is 1.62 bits per heavy atom. The first-order chi connectivity index (χ1) is 7.54. The fourth-order valence-corrected chi connectivity index (χ4v) is 1.29. The summed E-state index contributed by atoms with van der Waals surface area (Å²) in [4.78, 5) is 9.75. The maximum atomic E-state index is 13.4. The second-order valence-electron chi connectivity index (χ2n) is 3.42. The zero-order valence-corrected chi connectivity index (χ0v) is 9.07. The van der Waals surface area contributed by atoms with Crippen LogP contribution in [0.3, 0.4) is 0 Å². The van der Waals surface area contributed by atoms with Gasteiger partial charge in [-0.05, 0) is 13.0 Å². The number of benzene rings is 1. The number of anilines is 1. The minimum absolute atomic E-state index is 0.0686. The van der Waals surface area contributed by atoms with E-state index < -0.39 is 10.7 Å². The van der Waals surface area contributed by atoms with Crippen molar-refractivity contribution in [1.82, 2.24) is 0 Å². The summed E-state index contributed by atoms with van der Waals surface area (Å²) >= 11 is 0. The predicted molar refractivity (Wildman–Crippen MR) is 58.0 cm³/mol. The Morgan fingerprint density at radius 2 is 2.31 bits per heavy atom. The van der Waals surface area contributed by atoms with Crippen molar-refractivity contribution < 1.29 is 14.1 Å². The Kier molecular flexibility index (Phi) is 4.19. The van der Waals surface area contributed by atoms with Gasteiger partial charge in [0.1, 0.15) is 0 Å². The first-order valence-electron chi connectivity index (χ1n) is 4.74. The fourth-order valence-electron chi connectivity index (χ4n) is 1.29. The molecule has 0 aliphatic heterocycles. The standard InChI is InChI=1S/C10H13FN2O3/c1-7(6-16-2)12-10-4-3-8(13(14)15)5-9(10)11/h3-5,7,12H,6H2,1-2H3. The number of nitro groups is 1. The topological polar surface area (TPSA) is 64.4 Å². The molecule has 5 nitrogen and oxygen atoms in total. The second kappa shape index (κ2) is 5.41. The van der Waals surface area contributed by atoms with Crippen molar-refractivity contribution in [3.05, 3.63) is 34.1 Å². The van der Waals surface area contributed by atoms with Crippen molar-refractivity contribution in [1.29, 1.82) is 0 Å². The smallest absolute Gasteiger partial charge is 0.272 e. The Labute approximate surface area is 92.4 Å². The predicted octanol–water partition coefficient (Wildman–Crippen LogP) is 2.18.